The summed E-state index contributed by atoms with van der Waals surface area (Å²) in [5.41, 5.74) is 1.07. The Morgan fingerprint density at radius 2 is 2.06 bits per heavy atom. The summed E-state index contributed by atoms with van der Waals surface area (Å²) >= 11 is 9.14. The summed E-state index contributed by atoms with van der Waals surface area (Å²) in [5.74, 6) is -0.292. The van der Waals surface area contributed by atoms with Crippen LogP contribution in [0.4, 0.5) is 11.4 Å². The lowest BCUT2D eigenvalue weighted by Gasteiger charge is -2.11. The quantitative estimate of drug-likeness (QED) is 0.830. The van der Waals surface area contributed by atoms with Crippen molar-refractivity contribution in [1.82, 2.24) is 0 Å². The number of hydrogen-bond acceptors (Lipinski definition) is 2. The van der Waals surface area contributed by atoms with Gasteiger partial charge < -0.3 is 10.6 Å². The van der Waals surface area contributed by atoms with Gasteiger partial charge in [-0.25, -0.2) is 0 Å². The highest BCUT2D eigenvalue weighted by atomic mass is 79.9. The van der Waals surface area contributed by atoms with Crippen molar-refractivity contribution in [3.63, 3.8) is 0 Å². The second-order valence-corrected chi connectivity index (χ2v) is 5.48. The number of anilines is 2. The Balaban J connectivity index is 2.87. The minimum atomic E-state index is -0.317. The van der Waals surface area contributed by atoms with Crippen LogP contribution >= 0.6 is 27.5 Å². The van der Waals surface area contributed by atoms with Gasteiger partial charge in [0, 0.05) is 12.1 Å². The summed E-state index contributed by atoms with van der Waals surface area (Å²) < 4.78 is 0. The third-order valence-electron chi connectivity index (χ3n) is 2.19. The molecule has 0 fully saturated rings. The maximum atomic E-state index is 11.6. The van der Waals surface area contributed by atoms with Crippen LogP contribution in [0.5, 0.6) is 0 Å². The van der Waals surface area contributed by atoms with Gasteiger partial charge in [0.2, 0.25) is 11.8 Å². The molecular weight excluding hydrogens is 320 g/mol. The van der Waals surface area contributed by atoms with E-state index >= 15 is 0 Å². The molecule has 0 radical (unpaired) electrons. The van der Waals surface area contributed by atoms with Crippen molar-refractivity contribution in [3.8, 4) is 0 Å². The predicted molar refractivity (Wildman–Crippen MR) is 77.4 cm³/mol. The lowest BCUT2D eigenvalue weighted by Crippen LogP contribution is -2.20. The molecule has 1 rings (SSSR count). The minimum absolute atomic E-state index is 0.0940. The highest BCUT2D eigenvalue weighted by Crippen LogP contribution is 2.26. The average Bonchev–Trinajstić information content (AvgIpc) is 2.33. The Morgan fingerprint density at radius 3 is 2.61 bits per heavy atom. The predicted octanol–water partition coefficient (Wildman–Crippen LogP) is 3.41. The largest absolute Gasteiger partial charge is 0.326 e. The van der Waals surface area contributed by atoms with Crippen LogP contribution in [0.15, 0.2) is 18.2 Å². The second-order valence-electron chi connectivity index (χ2n) is 3.70. The fourth-order valence-corrected chi connectivity index (χ4v) is 1.46. The average molecular weight is 334 g/mol. The molecule has 1 unspecified atom stereocenters. The maximum Gasteiger partial charge on any atom is 0.237 e. The molecule has 0 heterocycles. The van der Waals surface area contributed by atoms with Crippen molar-refractivity contribution >= 4 is 50.7 Å². The van der Waals surface area contributed by atoms with Crippen LogP contribution in [0.1, 0.15) is 20.3 Å². The van der Waals surface area contributed by atoms with E-state index in [0.29, 0.717) is 22.8 Å². The molecule has 0 saturated carbocycles. The molecule has 0 spiro atoms. The molecule has 18 heavy (non-hydrogen) atoms. The van der Waals surface area contributed by atoms with Crippen molar-refractivity contribution in [3.05, 3.63) is 23.2 Å². The van der Waals surface area contributed by atoms with Crippen LogP contribution in [-0.2, 0) is 9.59 Å². The summed E-state index contributed by atoms with van der Waals surface area (Å²) in [4.78, 5) is 22.5. The minimum Gasteiger partial charge on any atom is -0.326 e. The Hall–Kier alpha value is -1.07. The van der Waals surface area contributed by atoms with Crippen molar-refractivity contribution in [2.24, 2.45) is 0 Å². The van der Waals surface area contributed by atoms with E-state index in [1.54, 1.807) is 32.0 Å². The van der Waals surface area contributed by atoms with Gasteiger partial charge in [-0.05, 0) is 25.1 Å². The zero-order valence-electron chi connectivity index (χ0n) is 10.1. The number of hydrogen-bond donors (Lipinski definition) is 2. The molecule has 0 aliphatic rings. The third kappa shape index (κ3) is 4.31. The Bertz CT molecular complexity index is 463. The molecule has 1 aromatic rings. The first-order chi connectivity index (χ1) is 8.43. The standard InChI is InChI=1S/C12H14BrClN2O2/c1-3-11(17)15-8-4-5-9(14)10(6-8)16-12(18)7(2)13/h4-7H,3H2,1-2H3,(H,15,17)(H,16,18). The number of nitrogens with one attached hydrogen (secondary N) is 2. The van der Waals surface area contributed by atoms with E-state index in [4.69, 9.17) is 11.6 Å². The SMILES string of the molecule is CCC(=O)Nc1ccc(Cl)c(NC(=O)C(C)Br)c1. The van der Waals surface area contributed by atoms with E-state index < -0.39 is 0 Å². The summed E-state index contributed by atoms with van der Waals surface area (Å²) in [5, 5.41) is 5.80. The summed E-state index contributed by atoms with van der Waals surface area (Å²) in [7, 11) is 0. The molecule has 0 aliphatic heterocycles. The highest BCUT2D eigenvalue weighted by Gasteiger charge is 2.11. The van der Waals surface area contributed by atoms with Crippen LogP contribution in [0, 0.1) is 0 Å². The summed E-state index contributed by atoms with van der Waals surface area (Å²) in [6.45, 7) is 3.48. The number of amides is 2. The molecule has 2 N–H and O–H groups in total. The monoisotopic (exact) mass is 332 g/mol. The molecular formula is C12H14BrClN2O2. The van der Waals surface area contributed by atoms with Gasteiger partial charge in [0.25, 0.3) is 0 Å². The first-order valence-electron chi connectivity index (χ1n) is 5.48. The lowest BCUT2D eigenvalue weighted by molar-refractivity contribution is -0.116. The fourth-order valence-electron chi connectivity index (χ4n) is 1.18. The van der Waals surface area contributed by atoms with Crippen molar-refractivity contribution in [2.75, 3.05) is 10.6 Å². The molecule has 1 atom stereocenters. The number of halogens is 2. The van der Waals surface area contributed by atoms with E-state index in [1.807, 2.05) is 0 Å². The number of rotatable bonds is 4. The third-order valence-corrected chi connectivity index (χ3v) is 2.94. The molecule has 6 heteroatoms. The van der Waals surface area contributed by atoms with Crippen LogP contribution < -0.4 is 10.6 Å². The van der Waals surface area contributed by atoms with Gasteiger partial charge in [-0.3, -0.25) is 9.59 Å². The number of alkyl halides is 1. The van der Waals surface area contributed by atoms with Crippen LogP contribution in [0.2, 0.25) is 5.02 Å². The van der Waals surface area contributed by atoms with Crippen molar-refractivity contribution < 1.29 is 9.59 Å². The molecule has 98 valence electrons. The Morgan fingerprint density at radius 1 is 1.39 bits per heavy atom. The van der Waals surface area contributed by atoms with E-state index in [9.17, 15) is 9.59 Å². The van der Waals surface area contributed by atoms with Gasteiger partial charge in [-0.1, -0.05) is 34.5 Å². The zero-order chi connectivity index (χ0) is 13.7. The van der Waals surface area contributed by atoms with Crippen LogP contribution in [-0.4, -0.2) is 16.6 Å². The molecule has 4 nitrogen and oxygen atoms in total. The van der Waals surface area contributed by atoms with Gasteiger partial charge >= 0.3 is 0 Å². The normalized spacial score (nSPS) is 11.8. The molecule has 0 aromatic heterocycles. The Labute approximate surface area is 119 Å². The molecule has 0 saturated heterocycles. The van der Waals surface area contributed by atoms with Crippen molar-refractivity contribution in [1.29, 1.82) is 0 Å². The van der Waals surface area contributed by atoms with E-state index in [0.717, 1.165) is 0 Å². The van der Waals surface area contributed by atoms with Gasteiger partial charge in [0.05, 0.1) is 15.5 Å². The number of carbonyl (C=O) groups excluding carboxylic acids is 2. The summed E-state index contributed by atoms with van der Waals surface area (Å²) in [6, 6.07) is 4.94. The summed E-state index contributed by atoms with van der Waals surface area (Å²) in [6.07, 6.45) is 0.392. The zero-order valence-corrected chi connectivity index (χ0v) is 12.4. The number of carbonyl (C=O) groups is 2. The van der Waals surface area contributed by atoms with Gasteiger partial charge in [-0.15, -0.1) is 0 Å². The smallest absolute Gasteiger partial charge is 0.237 e. The topological polar surface area (TPSA) is 58.2 Å². The Kier molecular flexibility index (Phi) is 5.62. The fraction of sp³-hybridized carbons (Fsp3) is 0.333. The molecule has 0 bridgehead atoms. The van der Waals surface area contributed by atoms with Crippen LogP contribution in [0.25, 0.3) is 0 Å². The van der Waals surface area contributed by atoms with Crippen molar-refractivity contribution in [2.45, 2.75) is 25.1 Å². The van der Waals surface area contributed by atoms with Gasteiger partial charge in [0.15, 0.2) is 0 Å². The maximum absolute atomic E-state index is 11.6. The van der Waals surface area contributed by atoms with Crippen LogP contribution in [0.3, 0.4) is 0 Å². The van der Waals surface area contributed by atoms with E-state index in [-0.39, 0.29) is 16.6 Å². The lowest BCUT2D eigenvalue weighted by atomic mass is 10.2. The first kappa shape index (κ1) is 15.0. The van der Waals surface area contributed by atoms with Gasteiger partial charge in [0.1, 0.15) is 0 Å². The molecule has 2 amide bonds. The van der Waals surface area contributed by atoms with Gasteiger partial charge in [-0.2, -0.15) is 0 Å². The highest BCUT2D eigenvalue weighted by molar-refractivity contribution is 9.10. The first-order valence-corrected chi connectivity index (χ1v) is 6.77. The molecule has 1 aromatic carbocycles. The second kappa shape index (κ2) is 6.75. The van der Waals surface area contributed by atoms with E-state index in [1.165, 1.54) is 0 Å². The van der Waals surface area contributed by atoms with E-state index in [2.05, 4.69) is 26.6 Å². The number of benzene rings is 1. The molecule has 0 aliphatic carbocycles.